The highest BCUT2D eigenvalue weighted by Gasteiger charge is 1.99. The van der Waals surface area contributed by atoms with Gasteiger partial charge in [-0.2, -0.15) is 0 Å². The number of rotatable bonds is 0. The number of pyridine rings is 1. The van der Waals surface area contributed by atoms with Crippen LogP contribution in [0.5, 0.6) is 11.5 Å². The molecule has 4 aliphatic rings. The summed E-state index contributed by atoms with van der Waals surface area (Å²) in [5, 5.41) is 0. The van der Waals surface area contributed by atoms with Gasteiger partial charge in [0.25, 0.3) is 0 Å². The normalized spacial score (nSPS) is 16.8. The summed E-state index contributed by atoms with van der Waals surface area (Å²) in [7, 11) is 0. The molecule has 0 saturated carbocycles. The summed E-state index contributed by atoms with van der Waals surface area (Å²) < 4.78 is 11.8. The molecule has 186 valence electrons. The van der Waals surface area contributed by atoms with Crippen LogP contribution >= 0.6 is 0 Å². The average Bonchev–Trinajstić information content (AvgIpc) is 2.91. The molecule has 36 heavy (non-hydrogen) atoms. The van der Waals surface area contributed by atoms with Crippen molar-refractivity contribution in [2.24, 2.45) is 9.98 Å². The maximum Gasteiger partial charge on any atom is 0.119 e. The van der Waals surface area contributed by atoms with Gasteiger partial charge >= 0.3 is 0 Å². The van der Waals surface area contributed by atoms with Crippen LogP contribution in [0.3, 0.4) is 0 Å². The third-order valence-corrected chi connectivity index (χ3v) is 5.87. The molecule has 2 aromatic carbocycles. The predicted octanol–water partition coefficient (Wildman–Crippen LogP) is 6.99. The van der Waals surface area contributed by atoms with Gasteiger partial charge in [-0.25, -0.2) is 4.98 Å². The third-order valence-electron chi connectivity index (χ3n) is 5.87. The number of benzene rings is 2. The number of ether oxygens (including phenoxy) is 2. The lowest BCUT2D eigenvalue weighted by Crippen LogP contribution is -1.97. The molecule has 0 amide bonds. The maximum absolute atomic E-state index is 5.89. The van der Waals surface area contributed by atoms with Crippen molar-refractivity contribution in [3.8, 4) is 11.5 Å². The van der Waals surface area contributed by atoms with Gasteiger partial charge < -0.3 is 9.47 Å². The molecule has 5 heterocycles. The van der Waals surface area contributed by atoms with Gasteiger partial charge in [0.15, 0.2) is 0 Å². The SMILES string of the molecule is C1=NCc2ccc(cc2)OCCCC/C=C\CCCCOc2ccc(cc2)CN=Cc2cccc1n2. The molecule has 3 aromatic rings. The zero-order chi connectivity index (χ0) is 24.7. The largest absolute Gasteiger partial charge is 0.494 e. The Hall–Kier alpha value is -3.73. The van der Waals surface area contributed by atoms with E-state index in [1.807, 2.05) is 54.9 Å². The van der Waals surface area contributed by atoms with E-state index in [0.29, 0.717) is 13.1 Å². The second-order valence-electron chi connectivity index (χ2n) is 8.87. The van der Waals surface area contributed by atoms with Gasteiger partial charge in [-0.05, 0) is 86.1 Å². The van der Waals surface area contributed by atoms with Crippen LogP contribution < -0.4 is 9.47 Å². The van der Waals surface area contributed by atoms with Crippen LogP contribution in [-0.2, 0) is 13.1 Å². The van der Waals surface area contributed by atoms with Crippen LogP contribution in [0.25, 0.3) is 0 Å². The van der Waals surface area contributed by atoms with Crippen molar-refractivity contribution in [1.29, 1.82) is 0 Å². The average molecular weight is 482 g/mol. The minimum atomic E-state index is 0.603. The summed E-state index contributed by atoms with van der Waals surface area (Å²) in [6, 6.07) is 22.2. The Morgan fingerprint density at radius 2 is 1.00 bits per heavy atom. The molecule has 6 bridgehead atoms. The highest BCUT2D eigenvalue weighted by Crippen LogP contribution is 2.15. The first-order chi connectivity index (χ1) is 17.8. The minimum Gasteiger partial charge on any atom is -0.494 e. The Morgan fingerprint density at radius 1 is 0.528 bits per heavy atom. The highest BCUT2D eigenvalue weighted by molar-refractivity contribution is 5.81. The lowest BCUT2D eigenvalue weighted by atomic mass is 10.2. The van der Waals surface area contributed by atoms with E-state index >= 15 is 0 Å². The molecule has 5 heteroatoms. The molecule has 1 aromatic heterocycles. The number of hydrogen-bond donors (Lipinski definition) is 0. The van der Waals surface area contributed by atoms with Crippen LogP contribution in [0.1, 0.15) is 61.0 Å². The van der Waals surface area contributed by atoms with Crippen molar-refractivity contribution < 1.29 is 9.47 Å². The topological polar surface area (TPSA) is 56.1 Å². The van der Waals surface area contributed by atoms with Gasteiger partial charge in [0, 0.05) is 12.4 Å². The summed E-state index contributed by atoms with van der Waals surface area (Å²) in [6.45, 7) is 2.70. The lowest BCUT2D eigenvalue weighted by Gasteiger charge is -2.06. The van der Waals surface area contributed by atoms with Crippen LogP contribution in [0.4, 0.5) is 0 Å². The predicted molar refractivity (Wildman–Crippen MR) is 148 cm³/mol. The molecule has 0 aliphatic carbocycles. The smallest absolute Gasteiger partial charge is 0.119 e. The molecule has 0 radical (unpaired) electrons. The number of aliphatic imine (C=N–C) groups is 2. The fourth-order valence-corrected chi connectivity index (χ4v) is 3.83. The first kappa shape index (κ1) is 25.4. The number of nitrogens with zero attached hydrogens (tertiary/aromatic N) is 3. The summed E-state index contributed by atoms with van der Waals surface area (Å²) in [6.07, 6.45) is 14.8. The van der Waals surface area contributed by atoms with Crippen molar-refractivity contribution in [3.05, 3.63) is 101 Å². The summed E-state index contributed by atoms with van der Waals surface area (Å²) in [5.41, 5.74) is 3.92. The van der Waals surface area contributed by atoms with Gasteiger partial charge in [-0.3, -0.25) is 9.98 Å². The van der Waals surface area contributed by atoms with E-state index in [2.05, 4.69) is 51.4 Å². The van der Waals surface area contributed by atoms with Crippen LogP contribution in [0.2, 0.25) is 0 Å². The Bertz CT molecular complexity index is 1050. The first-order valence-corrected chi connectivity index (χ1v) is 12.9. The Balaban J connectivity index is 1.38. The quantitative estimate of drug-likeness (QED) is 0.325. The highest BCUT2D eigenvalue weighted by atomic mass is 16.5. The molecule has 0 fully saturated rings. The zero-order valence-corrected chi connectivity index (χ0v) is 20.9. The van der Waals surface area contributed by atoms with E-state index < -0.39 is 0 Å². The van der Waals surface area contributed by atoms with Crippen LogP contribution in [0, 0.1) is 0 Å². The van der Waals surface area contributed by atoms with Gasteiger partial charge in [0.1, 0.15) is 11.5 Å². The van der Waals surface area contributed by atoms with Crippen molar-refractivity contribution in [1.82, 2.24) is 4.98 Å². The molecular formula is C31H35N3O2. The van der Waals surface area contributed by atoms with E-state index in [9.17, 15) is 0 Å². The standard InChI is InChI=1S/C31H35N3O2/c1-2-4-6-8-21-36-31-18-14-27(15-19-31)23-33-25-29-11-9-10-28(34-29)24-32-22-26-12-16-30(17-13-26)35-20-7-5-3-1/h1-2,9-19,24-25H,3-8,20-23H2/b2-1-,32-24?,33-25?. The van der Waals surface area contributed by atoms with Crippen molar-refractivity contribution in [3.63, 3.8) is 0 Å². The Labute approximate surface area is 214 Å². The van der Waals surface area contributed by atoms with E-state index in [0.717, 1.165) is 85.8 Å². The zero-order valence-electron chi connectivity index (χ0n) is 20.9. The van der Waals surface area contributed by atoms with Crippen molar-refractivity contribution in [2.75, 3.05) is 13.2 Å². The molecule has 4 aliphatic heterocycles. The van der Waals surface area contributed by atoms with E-state index in [-0.39, 0.29) is 0 Å². The lowest BCUT2D eigenvalue weighted by molar-refractivity contribution is 0.306. The van der Waals surface area contributed by atoms with E-state index in [1.165, 1.54) is 0 Å². The second kappa shape index (κ2) is 14.6. The van der Waals surface area contributed by atoms with Gasteiger partial charge in [0.05, 0.1) is 37.7 Å². The second-order valence-corrected chi connectivity index (χ2v) is 8.87. The first-order valence-electron chi connectivity index (χ1n) is 12.9. The van der Waals surface area contributed by atoms with Gasteiger partial charge in [0.2, 0.25) is 0 Å². The summed E-state index contributed by atoms with van der Waals surface area (Å²) in [5.74, 6) is 1.82. The maximum atomic E-state index is 5.89. The fourth-order valence-electron chi connectivity index (χ4n) is 3.83. The van der Waals surface area contributed by atoms with Gasteiger partial charge in [-0.1, -0.05) is 42.5 Å². The number of hydrogen-bond acceptors (Lipinski definition) is 5. The monoisotopic (exact) mass is 481 g/mol. The van der Waals surface area contributed by atoms with Crippen LogP contribution in [0.15, 0.2) is 88.9 Å². The Kier molecular flexibility index (Phi) is 10.3. The molecule has 5 nitrogen and oxygen atoms in total. The van der Waals surface area contributed by atoms with E-state index in [4.69, 9.17) is 9.47 Å². The molecule has 0 unspecified atom stereocenters. The number of allylic oxidation sites excluding steroid dienone is 2. The van der Waals surface area contributed by atoms with Crippen molar-refractivity contribution >= 4 is 12.4 Å². The third kappa shape index (κ3) is 9.14. The van der Waals surface area contributed by atoms with E-state index in [1.54, 1.807) is 0 Å². The minimum absolute atomic E-state index is 0.603. The van der Waals surface area contributed by atoms with Crippen LogP contribution in [-0.4, -0.2) is 30.6 Å². The molecule has 0 saturated heterocycles. The number of aromatic nitrogens is 1. The summed E-state index contributed by atoms with van der Waals surface area (Å²) in [4.78, 5) is 13.7. The van der Waals surface area contributed by atoms with Gasteiger partial charge in [-0.15, -0.1) is 0 Å². The molecule has 0 atom stereocenters. The molecule has 0 spiro atoms. The molecule has 0 N–H and O–H groups in total. The fraction of sp³-hybridized carbons (Fsp3) is 0.323. The molecule has 7 rings (SSSR count). The Morgan fingerprint density at radius 3 is 1.47 bits per heavy atom. The summed E-state index contributed by atoms with van der Waals surface area (Å²) >= 11 is 0. The molecular weight excluding hydrogens is 446 g/mol. The van der Waals surface area contributed by atoms with Crippen molar-refractivity contribution in [2.45, 2.75) is 51.6 Å².